The molecule has 0 fully saturated rings. The number of nitrogens with one attached hydrogen (secondary N) is 1. The maximum atomic E-state index is 11.9. The summed E-state index contributed by atoms with van der Waals surface area (Å²) in [5.41, 5.74) is 3.87. The van der Waals surface area contributed by atoms with Gasteiger partial charge >= 0.3 is 5.97 Å². The van der Waals surface area contributed by atoms with Gasteiger partial charge in [0, 0.05) is 17.0 Å². The summed E-state index contributed by atoms with van der Waals surface area (Å²) in [5.74, 6) is -0.988. The van der Waals surface area contributed by atoms with Crippen LogP contribution in [0.1, 0.15) is 11.1 Å². The summed E-state index contributed by atoms with van der Waals surface area (Å²) in [6.45, 7) is 1.67. The van der Waals surface area contributed by atoms with Gasteiger partial charge < -0.3 is 4.74 Å². The zero-order chi connectivity index (χ0) is 18.4. The van der Waals surface area contributed by atoms with Crippen LogP contribution in [0.5, 0.6) is 0 Å². The number of amides is 1. The summed E-state index contributed by atoms with van der Waals surface area (Å²) in [7, 11) is 0. The third kappa shape index (κ3) is 5.11. The molecule has 0 spiro atoms. The van der Waals surface area contributed by atoms with E-state index in [2.05, 4.69) is 10.3 Å². The van der Waals surface area contributed by atoms with Crippen LogP contribution in [0.2, 0.25) is 0 Å². The molecule has 3 rings (SSSR count). The number of nitrogens with zero attached hydrogens (tertiary/aromatic N) is 1. The van der Waals surface area contributed by atoms with Gasteiger partial charge in [0.05, 0.1) is 5.69 Å². The van der Waals surface area contributed by atoms with Gasteiger partial charge in [0.2, 0.25) is 0 Å². The lowest BCUT2D eigenvalue weighted by molar-refractivity contribution is -0.142. The average molecular weight is 384 g/mol. The predicted octanol–water partition coefficient (Wildman–Crippen LogP) is 4.38. The molecule has 0 radical (unpaired) electrons. The number of benzene rings is 1. The first-order valence-corrected chi connectivity index (χ1v) is 9.62. The smallest absolute Gasteiger partial charge is 0.331 e. The molecule has 132 valence electrons. The van der Waals surface area contributed by atoms with Crippen LogP contribution in [0.15, 0.2) is 52.5 Å². The predicted molar refractivity (Wildman–Crippen MR) is 105 cm³/mol. The number of thiazole rings is 1. The van der Waals surface area contributed by atoms with Gasteiger partial charge in [0.15, 0.2) is 11.7 Å². The second-order valence-electron chi connectivity index (χ2n) is 5.45. The van der Waals surface area contributed by atoms with E-state index in [4.69, 9.17) is 4.74 Å². The number of esters is 1. The van der Waals surface area contributed by atoms with Crippen LogP contribution in [0.25, 0.3) is 17.3 Å². The van der Waals surface area contributed by atoms with Crippen molar-refractivity contribution in [1.29, 1.82) is 0 Å². The van der Waals surface area contributed by atoms with Crippen LogP contribution in [-0.2, 0) is 14.3 Å². The Hall–Kier alpha value is -2.77. The molecule has 2 heterocycles. The molecule has 26 heavy (non-hydrogen) atoms. The van der Waals surface area contributed by atoms with E-state index in [0.29, 0.717) is 5.13 Å². The maximum Gasteiger partial charge on any atom is 0.331 e. The van der Waals surface area contributed by atoms with Crippen LogP contribution in [0.3, 0.4) is 0 Å². The highest BCUT2D eigenvalue weighted by Gasteiger charge is 2.09. The molecule has 0 atom stereocenters. The number of hydrogen-bond donors (Lipinski definition) is 1. The molecule has 0 aliphatic heterocycles. The van der Waals surface area contributed by atoms with Crippen molar-refractivity contribution >= 4 is 45.8 Å². The number of carbonyl (C=O) groups excluding carboxylic acids is 2. The molecule has 0 aliphatic rings. The molecule has 0 saturated carbocycles. The number of ether oxygens (including phenoxy) is 1. The molecule has 0 aliphatic carbocycles. The molecule has 3 aromatic rings. The van der Waals surface area contributed by atoms with Crippen molar-refractivity contribution in [2.75, 3.05) is 11.9 Å². The monoisotopic (exact) mass is 384 g/mol. The van der Waals surface area contributed by atoms with E-state index < -0.39 is 11.9 Å². The fraction of sp³-hybridized carbons (Fsp3) is 0.105. The average Bonchev–Trinajstić information content (AvgIpc) is 3.31. The van der Waals surface area contributed by atoms with Gasteiger partial charge in [-0.3, -0.25) is 10.1 Å². The second kappa shape index (κ2) is 8.55. The summed E-state index contributed by atoms with van der Waals surface area (Å²) >= 11 is 2.86. The number of hydrogen-bond acceptors (Lipinski definition) is 6. The fourth-order valence-corrected chi connectivity index (χ4v) is 3.43. The SMILES string of the molecule is Cc1ccc(-c2csc(NC(=O)COC(=O)/C=C/c3ccsc3)n2)cc1. The third-order valence-corrected chi connectivity index (χ3v) is 4.86. The van der Waals surface area contributed by atoms with Gasteiger partial charge in [-0.05, 0) is 35.4 Å². The number of carbonyl (C=O) groups is 2. The Kier molecular flexibility index (Phi) is 5.93. The number of aromatic nitrogens is 1. The summed E-state index contributed by atoms with van der Waals surface area (Å²) in [6, 6.07) is 9.87. The van der Waals surface area contributed by atoms with Crippen LogP contribution in [0.4, 0.5) is 5.13 Å². The summed E-state index contributed by atoms with van der Waals surface area (Å²) < 4.78 is 4.92. The highest BCUT2D eigenvalue weighted by Crippen LogP contribution is 2.25. The first-order valence-electron chi connectivity index (χ1n) is 7.79. The van der Waals surface area contributed by atoms with Crippen LogP contribution in [0, 0.1) is 6.92 Å². The Labute approximate surface area is 159 Å². The van der Waals surface area contributed by atoms with Crippen molar-refractivity contribution in [3.8, 4) is 11.3 Å². The molecule has 1 amide bonds. The molecule has 0 saturated heterocycles. The van der Waals surface area contributed by atoms with Gasteiger partial charge in [-0.25, -0.2) is 9.78 Å². The second-order valence-corrected chi connectivity index (χ2v) is 7.09. The van der Waals surface area contributed by atoms with E-state index >= 15 is 0 Å². The molecule has 1 aromatic carbocycles. The Morgan fingerprint density at radius 1 is 1.19 bits per heavy atom. The number of anilines is 1. The number of thiophene rings is 1. The summed E-state index contributed by atoms with van der Waals surface area (Å²) in [5, 5.41) is 8.80. The Bertz CT molecular complexity index is 913. The van der Waals surface area contributed by atoms with E-state index in [0.717, 1.165) is 16.8 Å². The van der Waals surface area contributed by atoms with Gasteiger partial charge in [0.25, 0.3) is 5.91 Å². The molecule has 1 N–H and O–H groups in total. The lowest BCUT2D eigenvalue weighted by Gasteiger charge is -2.02. The lowest BCUT2D eigenvalue weighted by Crippen LogP contribution is -2.20. The van der Waals surface area contributed by atoms with Crippen molar-refractivity contribution in [3.63, 3.8) is 0 Å². The van der Waals surface area contributed by atoms with E-state index in [1.807, 2.05) is 53.4 Å². The molecule has 5 nitrogen and oxygen atoms in total. The van der Waals surface area contributed by atoms with Gasteiger partial charge in [-0.15, -0.1) is 11.3 Å². The Morgan fingerprint density at radius 3 is 2.73 bits per heavy atom. The van der Waals surface area contributed by atoms with Crippen molar-refractivity contribution in [3.05, 3.63) is 63.7 Å². The zero-order valence-electron chi connectivity index (χ0n) is 14.0. The summed E-state index contributed by atoms with van der Waals surface area (Å²) in [4.78, 5) is 27.9. The lowest BCUT2D eigenvalue weighted by atomic mass is 10.1. The van der Waals surface area contributed by atoms with Gasteiger partial charge in [-0.2, -0.15) is 11.3 Å². The quantitative estimate of drug-likeness (QED) is 0.506. The first-order chi connectivity index (χ1) is 12.6. The molecule has 0 unspecified atom stereocenters. The van der Waals surface area contributed by atoms with Crippen LogP contribution in [-0.4, -0.2) is 23.5 Å². The highest BCUT2D eigenvalue weighted by atomic mass is 32.1. The van der Waals surface area contributed by atoms with E-state index in [9.17, 15) is 9.59 Å². The molecule has 0 bridgehead atoms. The topological polar surface area (TPSA) is 68.3 Å². The maximum absolute atomic E-state index is 11.9. The first kappa shape index (κ1) is 18.0. The van der Waals surface area contributed by atoms with Crippen LogP contribution < -0.4 is 5.32 Å². The third-order valence-electron chi connectivity index (χ3n) is 3.40. The number of aryl methyl sites for hydroxylation is 1. The minimum atomic E-state index is -0.564. The molecule has 2 aromatic heterocycles. The zero-order valence-corrected chi connectivity index (χ0v) is 15.6. The van der Waals surface area contributed by atoms with Crippen molar-refractivity contribution < 1.29 is 14.3 Å². The Morgan fingerprint density at radius 2 is 2.00 bits per heavy atom. The molecule has 7 heteroatoms. The minimum Gasteiger partial charge on any atom is -0.452 e. The normalized spacial score (nSPS) is 10.8. The van der Waals surface area contributed by atoms with Crippen molar-refractivity contribution in [2.24, 2.45) is 0 Å². The van der Waals surface area contributed by atoms with Crippen molar-refractivity contribution in [1.82, 2.24) is 4.98 Å². The number of rotatable bonds is 6. The fourth-order valence-electron chi connectivity index (χ4n) is 2.06. The molecular formula is C19H16N2O3S2. The van der Waals surface area contributed by atoms with Gasteiger partial charge in [-0.1, -0.05) is 29.8 Å². The van der Waals surface area contributed by atoms with E-state index in [1.165, 1.54) is 34.3 Å². The largest absolute Gasteiger partial charge is 0.452 e. The minimum absolute atomic E-state index is 0.355. The van der Waals surface area contributed by atoms with E-state index in [-0.39, 0.29) is 6.61 Å². The summed E-state index contributed by atoms with van der Waals surface area (Å²) in [6.07, 6.45) is 2.94. The Balaban J connectivity index is 1.49. The standard InChI is InChI=1S/C19H16N2O3S2/c1-13-2-5-15(6-3-13)16-12-26-19(20-16)21-17(22)10-24-18(23)7-4-14-8-9-25-11-14/h2-9,11-12H,10H2,1H3,(H,20,21,22)/b7-4+. The highest BCUT2D eigenvalue weighted by molar-refractivity contribution is 7.14. The van der Waals surface area contributed by atoms with Crippen molar-refractivity contribution in [2.45, 2.75) is 6.92 Å². The molecular weight excluding hydrogens is 368 g/mol. The van der Waals surface area contributed by atoms with Gasteiger partial charge in [0.1, 0.15) is 0 Å². The van der Waals surface area contributed by atoms with Crippen LogP contribution >= 0.6 is 22.7 Å². The van der Waals surface area contributed by atoms with E-state index in [1.54, 1.807) is 6.08 Å².